The molecule has 2 aliphatic rings. The van der Waals surface area contributed by atoms with Crippen molar-refractivity contribution in [1.29, 1.82) is 0 Å². The number of alkyl halides is 1. The largest absolute Gasteiger partial charge is 0.335 e. The van der Waals surface area contributed by atoms with Crippen LogP contribution in [0, 0.1) is 0 Å². The van der Waals surface area contributed by atoms with Crippen LogP contribution in [0.15, 0.2) is 0 Å². The molecule has 0 radical (unpaired) electrons. The second-order valence-corrected chi connectivity index (χ2v) is 4.62. The Kier molecular flexibility index (Phi) is 3.44. The first kappa shape index (κ1) is 10.7. The summed E-state index contributed by atoms with van der Waals surface area (Å²) in [4.78, 5) is 13.3. The van der Waals surface area contributed by atoms with Gasteiger partial charge in [0, 0.05) is 12.6 Å². The molecule has 0 spiro atoms. The molecule has 1 saturated heterocycles. The van der Waals surface area contributed by atoms with Gasteiger partial charge in [-0.1, -0.05) is 19.3 Å². The number of nitrogens with zero attached hydrogens (tertiary/aromatic N) is 1. The van der Waals surface area contributed by atoms with Crippen molar-refractivity contribution in [2.24, 2.45) is 0 Å². The molecule has 0 aromatic carbocycles. The number of hydrogen-bond acceptors (Lipinski definition) is 1. The number of likely N-dealkylation sites (tertiary alicyclic amines) is 1. The lowest BCUT2D eigenvalue weighted by atomic mass is 9.96. The third-order valence-electron chi connectivity index (χ3n) is 3.35. The van der Waals surface area contributed by atoms with Crippen molar-refractivity contribution in [3.63, 3.8) is 0 Å². The minimum Gasteiger partial charge on any atom is -0.335 e. The van der Waals surface area contributed by atoms with E-state index in [1.54, 1.807) is 4.90 Å². The van der Waals surface area contributed by atoms with Crippen molar-refractivity contribution >= 4 is 6.03 Å². The molecule has 1 aliphatic heterocycles. The summed E-state index contributed by atoms with van der Waals surface area (Å²) in [6.45, 7) is 0.846. The molecule has 1 aliphatic carbocycles. The molecule has 2 rings (SSSR count). The molecule has 15 heavy (non-hydrogen) atoms. The molecular weight excluding hydrogens is 195 g/mol. The van der Waals surface area contributed by atoms with E-state index >= 15 is 0 Å². The van der Waals surface area contributed by atoms with E-state index in [0.717, 1.165) is 12.8 Å². The number of carbonyl (C=O) groups is 1. The molecule has 4 heteroatoms. The molecule has 0 bridgehead atoms. The van der Waals surface area contributed by atoms with Crippen LogP contribution in [0.3, 0.4) is 0 Å². The number of hydrogen-bond donors (Lipinski definition) is 1. The van der Waals surface area contributed by atoms with Gasteiger partial charge in [0.2, 0.25) is 0 Å². The van der Waals surface area contributed by atoms with Crippen molar-refractivity contribution < 1.29 is 9.18 Å². The first-order valence-electron chi connectivity index (χ1n) is 5.95. The molecule has 0 aromatic heterocycles. The summed E-state index contributed by atoms with van der Waals surface area (Å²) < 4.78 is 12.9. The number of carbonyl (C=O) groups excluding carboxylic acids is 1. The lowest BCUT2D eigenvalue weighted by molar-refractivity contribution is 0.196. The normalized spacial score (nSPS) is 28.1. The highest BCUT2D eigenvalue weighted by atomic mass is 19.1. The number of nitrogens with one attached hydrogen (secondary N) is 1. The molecule has 1 atom stereocenters. The maximum Gasteiger partial charge on any atom is 0.317 e. The van der Waals surface area contributed by atoms with Gasteiger partial charge in [0.1, 0.15) is 6.17 Å². The average molecular weight is 214 g/mol. The smallest absolute Gasteiger partial charge is 0.317 e. The van der Waals surface area contributed by atoms with Crippen molar-refractivity contribution in [2.45, 2.75) is 50.7 Å². The van der Waals surface area contributed by atoms with E-state index in [0.29, 0.717) is 19.0 Å². The van der Waals surface area contributed by atoms with Gasteiger partial charge in [-0.25, -0.2) is 9.18 Å². The molecular formula is C11H19FN2O. The van der Waals surface area contributed by atoms with Gasteiger partial charge in [0.15, 0.2) is 0 Å². The van der Waals surface area contributed by atoms with Crippen LogP contribution < -0.4 is 5.32 Å². The second-order valence-electron chi connectivity index (χ2n) is 4.62. The highest BCUT2D eigenvalue weighted by Gasteiger charge is 2.27. The zero-order valence-corrected chi connectivity index (χ0v) is 9.04. The van der Waals surface area contributed by atoms with Crippen LogP contribution in [0.4, 0.5) is 9.18 Å². The van der Waals surface area contributed by atoms with Crippen LogP contribution in [0.5, 0.6) is 0 Å². The lowest BCUT2D eigenvalue weighted by Gasteiger charge is -2.25. The molecule has 2 fully saturated rings. The number of rotatable bonds is 1. The van der Waals surface area contributed by atoms with Crippen molar-refractivity contribution in [2.75, 3.05) is 13.1 Å². The fraction of sp³-hybridized carbons (Fsp3) is 0.909. The fourth-order valence-corrected chi connectivity index (χ4v) is 2.41. The Hall–Kier alpha value is -0.800. The zero-order chi connectivity index (χ0) is 10.7. The maximum absolute atomic E-state index is 12.9. The Bertz CT molecular complexity index is 229. The van der Waals surface area contributed by atoms with Gasteiger partial charge < -0.3 is 10.2 Å². The van der Waals surface area contributed by atoms with E-state index in [4.69, 9.17) is 0 Å². The summed E-state index contributed by atoms with van der Waals surface area (Å²) >= 11 is 0. The first-order valence-corrected chi connectivity index (χ1v) is 5.95. The van der Waals surface area contributed by atoms with E-state index in [-0.39, 0.29) is 12.6 Å². The Morgan fingerprint density at radius 3 is 2.53 bits per heavy atom. The summed E-state index contributed by atoms with van der Waals surface area (Å²) in [6.07, 6.45) is 5.54. The fourth-order valence-electron chi connectivity index (χ4n) is 2.41. The van der Waals surface area contributed by atoms with Gasteiger partial charge >= 0.3 is 6.03 Å². The van der Waals surface area contributed by atoms with Crippen LogP contribution >= 0.6 is 0 Å². The number of urea groups is 1. The Morgan fingerprint density at radius 1 is 1.20 bits per heavy atom. The predicted molar refractivity (Wildman–Crippen MR) is 56.5 cm³/mol. The Morgan fingerprint density at radius 2 is 1.93 bits per heavy atom. The van der Waals surface area contributed by atoms with E-state index in [1.807, 2.05) is 0 Å². The van der Waals surface area contributed by atoms with Crippen LogP contribution in [-0.2, 0) is 0 Å². The zero-order valence-electron chi connectivity index (χ0n) is 9.04. The van der Waals surface area contributed by atoms with E-state index in [2.05, 4.69) is 5.32 Å². The summed E-state index contributed by atoms with van der Waals surface area (Å²) in [5, 5.41) is 3.00. The third-order valence-corrected chi connectivity index (χ3v) is 3.35. The van der Waals surface area contributed by atoms with E-state index in [1.165, 1.54) is 19.3 Å². The lowest BCUT2D eigenvalue weighted by Crippen LogP contribution is -2.44. The van der Waals surface area contributed by atoms with Crippen LogP contribution in [0.1, 0.15) is 38.5 Å². The monoisotopic (exact) mass is 214 g/mol. The van der Waals surface area contributed by atoms with Gasteiger partial charge in [-0.15, -0.1) is 0 Å². The van der Waals surface area contributed by atoms with Gasteiger partial charge in [-0.2, -0.15) is 0 Å². The highest BCUT2D eigenvalue weighted by Crippen LogP contribution is 2.18. The standard InChI is InChI=1S/C11H19FN2O/c12-9-6-7-14(8-9)11(15)13-10-4-2-1-3-5-10/h9-10H,1-8H2,(H,13,15)/t9-/m1/s1. The Labute approximate surface area is 90.0 Å². The van der Waals surface area contributed by atoms with Gasteiger partial charge in [0.05, 0.1) is 6.54 Å². The van der Waals surface area contributed by atoms with Crippen molar-refractivity contribution in [3.05, 3.63) is 0 Å². The molecule has 1 heterocycles. The molecule has 86 valence electrons. The molecule has 3 nitrogen and oxygen atoms in total. The van der Waals surface area contributed by atoms with Crippen LogP contribution in [0.25, 0.3) is 0 Å². The average Bonchev–Trinajstić information content (AvgIpc) is 2.66. The van der Waals surface area contributed by atoms with Gasteiger partial charge in [0.25, 0.3) is 0 Å². The minimum absolute atomic E-state index is 0.0675. The van der Waals surface area contributed by atoms with E-state index in [9.17, 15) is 9.18 Å². The minimum atomic E-state index is -0.817. The third kappa shape index (κ3) is 2.83. The summed E-state index contributed by atoms with van der Waals surface area (Å²) in [5.41, 5.74) is 0. The Balaban J connectivity index is 1.76. The molecule has 1 N–H and O–H groups in total. The SMILES string of the molecule is O=C(NC1CCCCC1)N1CC[C@@H](F)C1. The second kappa shape index (κ2) is 4.81. The van der Waals surface area contributed by atoms with Crippen LogP contribution in [-0.4, -0.2) is 36.2 Å². The van der Waals surface area contributed by atoms with Crippen molar-refractivity contribution in [3.8, 4) is 0 Å². The number of amides is 2. The highest BCUT2D eigenvalue weighted by molar-refractivity contribution is 5.74. The van der Waals surface area contributed by atoms with Gasteiger partial charge in [-0.05, 0) is 19.3 Å². The summed E-state index contributed by atoms with van der Waals surface area (Å²) in [6, 6.07) is 0.256. The molecule has 0 aromatic rings. The van der Waals surface area contributed by atoms with Crippen molar-refractivity contribution in [1.82, 2.24) is 10.2 Å². The van der Waals surface area contributed by atoms with Gasteiger partial charge in [-0.3, -0.25) is 0 Å². The van der Waals surface area contributed by atoms with Crippen LogP contribution in [0.2, 0.25) is 0 Å². The molecule has 0 unspecified atom stereocenters. The summed E-state index contributed by atoms with van der Waals surface area (Å²) in [5.74, 6) is 0. The first-order chi connectivity index (χ1) is 7.25. The maximum atomic E-state index is 12.9. The predicted octanol–water partition coefficient (Wildman–Crippen LogP) is 2.07. The number of halogens is 1. The van der Waals surface area contributed by atoms with E-state index < -0.39 is 6.17 Å². The molecule has 1 saturated carbocycles. The molecule has 2 amide bonds. The quantitative estimate of drug-likeness (QED) is 0.712. The topological polar surface area (TPSA) is 32.3 Å². The summed E-state index contributed by atoms with van der Waals surface area (Å²) in [7, 11) is 0.